The Kier molecular flexibility index (Phi) is 6.57. The molecule has 0 fully saturated rings. The Labute approximate surface area is 180 Å². The predicted molar refractivity (Wildman–Crippen MR) is 110 cm³/mol. The number of alkyl halides is 3. The highest BCUT2D eigenvalue weighted by Gasteiger charge is 2.38. The van der Waals surface area contributed by atoms with Gasteiger partial charge < -0.3 is 21.2 Å². The molecule has 3 aromatic rings. The monoisotopic (exact) mass is 445 g/mol. The summed E-state index contributed by atoms with van der Waals surface area (Å²) < 4.78 is 31.7. The first kappa shape index (κ1) is 22.5. The van der Waals surface area contributed by atoms with E-state index in [9.17, 15) is 18.0 Å². The molecule has 1 aliphatic heterocycles. The standard InChI is InChI=1S/C19H17N5O.C2HF3O2/c20-24-18(12-4-2-1-3-5-12)17-10-13(6-8-21-17)16-11-14-15(23-16)7-9-22-19(14)25;3-2(4,5)1(6)7/h1-6,8,10-11,23H,7,9,20H2,(H,22,25);(H,6,7)/b24-18+;. The largest absolute Gasteiger partial charge is 0.490 e. The second-order valence-electron chi connectivity index (χ2n) is 6.66. The lowest BCUT2D eigenvalue weighted by molar-refractivity contribution is -0.192. The number of hydrogen-bond acceptors (Lipinski definition) is 5. The first-order valence-corrected chi connectivity index (χ1v) is 9.31. The van der Waals surface area contributed by atoms with Gasteiger partial charge in [-0.25, -0.2) is 4.79 Å². The number of hydrazone groups is 1. The fraction of sp³-hybridized carbons (Fsp3) is 0.143. The average molecular weight is 445 g/mol. The Balaban J connectivity index is 0.000000360. The summed E-state index contributed by atoms with van der Waals surface area (Å²) in [7, 11) is 0. The Hall–Kier alpha value is -4.15. The topological polar surface area (TPSA) is 133 Å². The number of carboxylic acids is 1. The molecule has 166 valence electrons. The number of halogens is 3. The van der Waals surface area contributed by atoms with Gasteiger partial charge in [-0.2, -0.15) is 18.3 Å². The van der Waals surface area contributed by atoms with Crippen molar-refractivity contribution in [3.8, 4) is 11.3 Å². The fourth-order valence-electron chi connectivity index (χ4n) is 3.06. The molecule has 1 aliphatic rings. The lowest BCUT2D eigenvalue weighted by Gasteiger charge is -2.11. The number of pyridine rings is 1. The van der Waals surface area contributed by atoms with Crippen molar-refractivity contribution in [3.05, 3.63) is 77.2 Å². The lowest BCUT2D eigenvalue weighted by atomic mass is 10.0. The minimum atomic E-state index is -5.08. The molecule has 32 heavy (non-hydrogen) atoms. The molecule has 11 heteroatoms. The summed E-state index contributed by atoms with van der Waals surface area (Å²) in [5.41, 5.74) is 5.70. The van der Waals surface area contributed by atoms with Gasteiger partial charge in [0.05, 0.1) is 11.3 Å². The molecule has 8 nitrogen and oxygen atoms in total. The van der Waals surface area contributed by atoms with E-state index in [2.05, 4.69) is 20.4 Å². The number of fused-ring (bicyclic) bond motifs is 1. The van der Waals surface area contributed by atoms with Crippen LogP contribution in [0, 0.1) is 0 Å². The van der Waals surface area contributed by atoms with Gasteiger partial charge in [-0.3, -0.25) is 9.78 Å². The van der Waals surface area contributed by atoms with E-state index in [-0.39, 0.29) is 5.91 Å². The molecule has 0 saturated carbocycles. The molecule has 0 saturated heterocycles. The number of nitrogens with zero attached hydrogens (tertiary/aromatic N) is 2. The zero-order valence-electron chi connectivity index (χ0n) is 16.5. The molecular formula is C21H18F3N5O3. The van der Waals surface area contributed by atoms with Gasteiger partial charge >= 0.3 is 12.1 Å². The summed E-state index contributed by atoms with van der Waals surface area (Å²) in [5.74, 6) is 2.82. The van der Waals surface area contributed by atoms with E-state index in [1.807, 2.05) is 48.5 Å². The average Bonchev–Trinajstić information content (AvgIpc) is 3.21. The van der Waals surface area contributed by atoms with Crippen LogP contribution in [0.1, 0.15) is 27.3 Å². The maximum Gasteiger partial charge on any atom is 0.490 e. The van der Waals surface area contributed by atoms with Gasteiger partial charge in [-0.15, -0.1) is 0 Å². The summed E-state index contributed by atoms with van der Waals surface area (Å²) in [6.45, 7) is 0.658. The third-order valence-electron chi connectivity index (χ3n) is 4.54. The molecule has 0 unspecified atom stereocenters. The van der Waals surface area contributed by atoms with E-state index >= 15 is 0 Å². The smallest absolute Gasteiger partial charge is 0.475 e. The highest BCUT2D eigenvalue weighted by molar-refractivity contribution is 6.12. The van der Waals surface area contributed by atoms with E-state index in [1.54, 1.807) is 6.20 Å². The van der Waals surface area contributed by atoms with Gasteiger partial charge in [0.25, 0.3) is 5.91 Å². The number of carbonyl (C=O) groups excluding carboxylic acids is 1. The molecule has 5 N–H and O–H groups in total. The van der Waals surface area contributed by atoms with Crippen molar-refractivity contribution in [1.82, 2.24) is 15.3 Å². The fourth-order valence-corrected chi connectivity index (χ4v) is 3.06. The second kappa shape index (κ2) is 9.33. The molecule has 4 rings (SSSR count). The summed E-state index contributed by atoms with van der Waals surface area (Å²) in [5, 5.41) is 13.9. The third-order valence-corrected chi connectivity index (χ3v) is 4.54. The number of benzene rings is 1. The number of amides is 1. The zero-order valence-corrected chi connectivity index (χ0v) is 16.5. The van der Waals surface area contributed by atoms with Crippen molar-refractivity contribution in [2.24, 2.45) is 10.9 Å². The summed E-state index contributed by atoms with van der Waals surface area (Å²) in [6, 6.07) is 15.4. The lowest BCUT2D eigenvalue weighted by Crippen LogP contribution is -2.31. The number of aliphatic carboxylic acids is 1. The minimum absolute atomic E-state index is 0.0356. The Morgan fingerprint density at radius 3 is 2.44 bits per heavy atom. The number of rotatable bonds is 3. The molecule has 0 aliphatic carbocycles. The maximum atomic E-state index is 12.0. The summed E-state index contributed by atoms with van der Waals surface area (Å²) in [4.78, 5) is 28.6. The Bertz CT molecular complexity index is 1160. The van der Waals surface area contributed by atoms with E-state index in [1.165, 1.54) is 0 Å². The second-order valence-corrected chi connectivity index (χ2v) is 6.66. The molecule has 0 spiro atoms. The van der Waals surface area contributed by atoms with E-state index in [0.29, 0.717) is 23.5 Å². The number of hydrogen-bond donors (Lipinski definition) is 4. The highest BCUT2D eigenvalue weighted by atomic mass is 19.4. The quantitative estimate of drug-likeness (QED) is 0.279. The molecule has 2 aromatic heterocycles. The van der Waals surface area contributed by atoms with Gasteiger partial charge in [0.1, 0.15) is 5.71 Å². The van der Waals surface area contributed by atoms with Gasteiger partial charge in [0.2, 0.25) is 0 Å². The van der Waals surface area contributed by atoms with Crippen LogP contribution < -0.4 is 11.2 Å². The third kappa shape index (κ3) is 5.12. The van der Waals surface area contributed by atoms with Crippen LogP contribution in [-0.2, 0) is 11.2 Å². The van der Waals surface area contributed by atoms with Crippen LogP contribution in [0.2, 0.25) is 0 Å². The van der Waals surface area contributed by atoms with Crippen molar-refractivity contribution in [3.63, 3.8) is 0 Å². The van der Waals surface area contributed by atoms with Crippen molar-refractivity contribution >= 4 is 17.6 Å². The van der Waals surface area contributed by atoms with Crippen LogP contribution in [0.25, 0.3) is 11.3 Å². The SMILES string of the molecule is N/N=C(\c1ccccc1)c1cc(-c2cc3c([nH]2)CCNC3=O)ccn1.O=C(O)C(F)(F)F. The predicted octanol–water partition coefficient (Wildman–Crippen LogP) is 2.71. The van der Waals surface area contributed by atoms with E-state index in [0.717, 1.165) is 28.9 Å². The molecule has 0 bridgehead atoms. The molecular weight excluding hydrogens is 427 g/mol. The Morgan fingerprint density at radius 1 is 1.16 bits per heavy atom. The van der Waals surface area contributed by atoms with Crippen molar-refractivity contribution in [2.45, 2.75) is 12.6 Å². The highest BCUT2D eigenvalue weighted by Crippen LogP contribution is 2.25. The van der Waals surface area contributed by atoms with Gasteiger partial charge in [0, 0.05) is 41.7 Å². The molecule has 0 atom stereocenters. The molecule has 3 heterocycles. The molecule has 0 radical (unpaired) electrons. The maximum absolute atomic E-state index is 12.0. The number of nitrogens with two attached hydrogens (primary N) is 1. The molecule has 1 amide bonds. The van der Waals surface area contributed by atoms with E-state index < -0.39 is 12.1 Å². The van der Waals surface area contributed by atoms with Crippen LogP contribution in [0.3, 0.4) is 0 Å². The zero-order chi connectivity index (χ0) is 23.3. The number of aromatic nitrogens is 2. The summed E-state index contributed by atoms with van der Waals surface area (Å²) in [6.07, 6.45) is -2.56. The first-order chi connectivity index (χ1) is 15.2. The number of carbonyl (C=O) groups is 2. The van der Waals surface area contributed by atoms with Crippen molar-refractivity contribution < 1.29 is 27.9 Å². The number of H-pyrrole nitrogens is 1. The molecule has 1 aromatic carbocycles. The van der Waals surface area contributed by atoms with Gasteiger partial charge in [0.15, 0.2) is 0 Å². The van der Waals surface area contributed by atoms with Crippen molar-refractivity contribution in [2.75, 3.05) is 6.54 Å². The number of aromatic amines is 1. The number of carboxylic acid groups (broad SMARTS) is 1. The van der Waals surface area contributed by atoms with Crippen LogP contribution >= 0.6 is 0 Å². The minimum Gasteiger partial charge on any atom is -0.475 e. The van der Waals surface area contributed by atoms with E-state index in [4.69, 9.17) is 15.7 Å². The van der Waals surface area contributed by atoms with Crippen LogP contribution in [0.5, 0.6) is 0 Å². The van der Waals surface area contributed by atoms with Crippen LogP contribution in [0.15, 0.2) is 59.8 Å². The number of nitrogens with one attached hydrogen (secondary N) is 2. The van der Waals surface area contributed by atoms with Crippen molar-refractivity contribution in [1.29, 1.82) is 0 Å². The van der Waals surface area contributed by atoms with Crippen LogP contribution in [-0.4, -0.2) is 45.4 Å². The first-order valence-electron chi connectivity index (χ1n) is 9.31. The normalized spacial score (nSPS) is 13.5. The summed E-state index contributed by atoms with van der Waals surface area (Å²) >= 11 is 0. The van der Waals surface area contributed by atoms with Gasteiger partial charge in [-0.05, 0) is 18.2 Å². The van der Waals surface area contributed by atoms with Crippen LogP contribution in [0.4, 0.5) is 13.2 Å². The Morgan fingerprint density at radius 2 is 1.84 bits per heavy atom. The van der Waals surface area contributed by atoms with Gasteiger partial charge in [-0.1, -0.05) is 30.3 Å².